The third kappa shape index (κ3) is 4.44. The molecular weight excluding hydrogens is 426 g/mol. The minimum Gasteiger partial charge on any atom is -0.347 e. The van der Waals surface area contributed by atoms with Crippen molar-refractivity contribution in [3.8, 4) is 0 Å². The lowest BCUT2D eigenvalue weighted by Crippen LogP contribution is -2.48. The summed E-state index contributed by atoms with van der Waals surface area (Å²) in [6, 6.07) is 6.34. The zero-order valence-electron chi connectivity index (χ0n) is 18.5. The highest BCUT2D eigenvalue weighted by Crippen LogP contribution is 2.61. The fourth-order valence-electron chi connectivity index (χ4n) is 7.11. The van der Waals surface area contributed by atoms with Crippen LogP contribution in [0, 0.1) is 23.2 Å². The van der Waals surface area contributed by atoms with Gasteiger partial charge in [0.1, 0.15) is 0 Å². The summed E-state index contributed by atoms with van der Waals surface area (Å²) in [6.45, 7) is 0.970. The van der Waals surface area contributed by atoms with Crippen molar-refractivity contribution in [3.63, 3.8) is 0 Å². The molecule has 2 N–H and O–H groups in total. The Morgan fingerprint density at radius 1 is 0.969 bits per heavy atom. The number of carbonyl (C=O) groups excluding carboxylic acids is 2. The fourth-order valence-corrected chi connectivity index (χ4v) is 8.67. The Labute approximate surface area is 190 Å². The summed E-state index contributed by atoms with van der Waals surface area (Å²) in [5, 5.41) is 5.51. The minimum absolute atomic E-state index is 0.0486. The van der Waals surface area contributed by atoms with Crippen molar-refractivity contribution in [2.45, 2.75) is 62.7 Å². The van der Waals surface area contributed by atoms with Crippen molar-refractivity contribution in [2.75, 3.05) is 25.0 Å². The predicted molar refractivity (Wildman–Crippen MR) is 121 cm³/mol. The zero-order chi connectivity index (χ0) is 22.3. The van der Waals surface area contributed by atoms with Crippen molar-refractivity contribution in [2.24, 2.45) is 23.2 Å². The van der Waals surface area contributed by atoms with Crippen LogP contribution in [-0.4, -0.2) is 44.2 Å². The van der Waals surface area contributed by atoms with Crippen LogP contribution in [0.3, 0.4) is 0 Å². The number of rotatable bonds is 7. The molecule has 174 valence electrons. The van der Waals surface area contributed by atoms with E-state index in [-0.39, 0.29) is 28.7 Å². The van der Waals surface area contributed by atoms with E-state index in [1.165, 1.54) is 29.6 Å². The molecule has 0 radical (unpaired) electrons. The van der Waals surface area contributed by atoms with Crippen molar-refractivity contribution in [3.05, 3.63) is 24.3 Å². The molecule has 1 heterocycles. The van der Waals surface area contributed by atoms with Crippen LogP contribution in [0.15, 0.2) is 29.2 Å². The van der Waals surface area contributed by atoms with Crippen LogP contribution >= 0.6 is 0 Å². The van der Waals surface area contributed by atoms with Gasteiger partial charge in [-0.25, -0.2) is 8.42 Å². The average Bonchev–Trinajstić information content (AvgIpc) is 3.27. The molecular formula is C24H33N3O4S. The Bertz CT molecular complexity index is 965. The van der Waals surface area contributed by atoms with Crippen LogP contribution in [0.1, 0.15) is 57.8 Å². The second-order valence-electron chi connectivity index (χ2n) is 10.6. The van der Waals surface area contributed by atoms with Gasteiger partial charge in [-0.1, -0.05) is 6.07 Å². The molecule has 7 nitrogen and oxygen atoms in total. The Kier molecular flexibility index (Phi) is 5.78. The lowest BCUT2D eigenvalue weighted by molar-refractivity contribution is -0.131. The van der Waals surface area contributed by atoms with Gasteiger partial charge >= 0.3 is 0 Å². The highest BCUT2D eigenvalue weighted by atomic mass is 32.2. The first-order valence-electron chi connectivity index (χ1n) is 12.0. The predicted octanol–water partition coefficient (Wildman–Crippen LogP) is 3.13. The van der Waals surface area contributed by atoms with Crippen LogP contribution in [0.5, 0.6) is 0 Å². The van der Waals surface area contributed by atoms with Crippen LogP contribution < -0.4 is 10.6 Å². The van der Waals surface area contributed by atoms with E-state index in [0.717, 1.165) is 49.9 Å². The van der Waals surface area contributed by atoms with E-state index in [2.05, 4.69) is 10.6 Å². The lowest BCUT2D eigenvalue weighted by atomic mass is 9.49. The SMILES string of the molecule is O=C(CC12CC3CC(CC(C3)C1)C2)NCC(=O)Nc1cccc(S(=O)(=O)N2CCCC2)c1. The van der Waals surface area contributed by atoms with Crippen molar-refractivity contribution < 1.29 is 18.0 Å². The number of hydrogen-bond acceptors (Lipinski definition) is 4. The molecule has 5 fully saturated rings. The van der Waals surface area contributed by atoms with Crippen LogP contribution in [-0.2, 0) is 19.6 Å². The summed E-state index contributed by atoms with van der Waals surface area (Å²) in [5.74, 6) is 1.98. The lowest BCUT2D eigenvalue weighted by Gasteiger charge is -2.56. The second-order valence-corrected chi connectivity index (χ2v) is 12.5. The fraction of sp³-hybridized carbons (Fsp3) is 0.667. The van der Waals surface area contributed by atoms with E-state index < -0.39 is 10.0 Å². The number of sulfonamides is 1. The monoisotopic (exact) mass is 459 g/mol. The molecule has 1 aliphatic heterocycles. The van der Waals surface area contributed by atoms with E-state index in [1.54, 1.807) is 18.2 Å². The van der Waals surface area contributed by atoms with Gasteiger partial charge in [-0.15, -0.1) is 0 Å². The van der Waals surface area contributed by atoms with E-state index in [9.17, 15) is 18.0 Å². The average molecular weight is 460 g/mol. The molecule has 6 rings (SSSR count). The van der Waals surface area contributed by atoms with E-state index in [0.29, 0.717) is 25.2 Å². The van der Waals surface area contributed by atoms with Crippen LogP contribution in [0.25, 0.3) is 0 Å². The van der Waals surface area contributed by atoms with Gasteiger partial charge in [0.05, 0.1) is 11.4 Å². The Morgan fingerprint density at radius 2 is 1.59 bits per heavy atom. The molecule has 5 aliphatic rings. The third-order valence-electron chi connectivity index (χ3n) is 7.97. The Hall–Kier alpha value is -1.93. The molecule has 0 unspecified atom stereocenters. The first kappa shape index (κ1) is 21.9. The van der Waals surface area contributed by atoms with Gasteiger partial charge in [0.2, 0.25) is 21.8 Å². The summed E-state index contributed by atoms with van der Waals surface area (Å²) in [6.07, 6.45) is 9.79. The number of anilines is 1. The van der Waals surface area contributed by atoms with E-state index in [4.69, 9.17) is 0 Å². The molecule has 1 saturated heterocycles. The summed E-state index contributed by atoms with van der Waals surface area (Å²) in [4.78, 5) is 25.2. The number of amides is 2. The molecule has 32 heavy (non-hydrogen) atoms. The van der Waals surface area contributed by atoms with Crippen LogP contribution in [0.2, 0.25) is 0 Å². The highest BCUT2D eigenvalue weighted by molar-refractivity contribution is 7.89. The van der Waals surface area contributed by atoms with Gasteiger partial charge in [-0.3, -0.25) is 9.59 Å². The normalized spacial score (nSPS) is 31.6. The highest BCUT2D eigenvalue weighted by Gasteiger charge is 2.51. The number of nitrogens with zero attached hydrogens (tertiary/aromatic N) is 1. The molecule has 8 heteroatoms. The summed E-state index contributed by atoms with van der Waals surface area (Å²) in [5.41, 5.74) is 0.568. The molecule has 4 bridgehead atoms. The van der Waals surface area contributed by atoms with Gasteiger partial charge in [-0.2, -0.15) is 4.31 Å². The van der Waals surface area contributed by atoms with Gasteiger partial charge in [0, 0.05) is 25.2 Å². The van der Waals surface area contributed by atoms with E-state index in [1.807, 2.05) is 0 Å². The maximum atomic E-state index is 12.7. The molecule has 1 aromatic carbocycles. The third-order valence-corrected chi connectivity index (χ3v) is 9.86. The summed E-state index contributed by atoms with van der Waals surface area (Å²) < 4.78 is 27.0. The van der Waals surface area contributed by atoms with Gasteiger partial charge < -0.3 is 10.6 Å². The number of hydrogen-bond donors (Lipinski definition) is 2. The van der Waals surface area contributed by atoms with Crippen molar-refractivity contribution in [1.29, 1.82) is 0 Å². The molecule has 1 aromatic rings. The second kappa shape index (κ2) is 8.45. The first-order chi connectivity index (χ1) is 15.3. The van der Waals surface area contributed by atoms with Gasteiger partial charge in [0.15, 0.2) is 0 Å². The molecule has 0 aromatic heterocycles. The Balaban J connectivity index is 1.14. The summed E-state index contributed by atoms with van der Waals surface area (Å²) in [7, 11) is -3.54. The van der Waals surface area contributed by atoms with E-state index >= 15 is 0 Å². The number of benzene rings is 1. The minimum atomic E-state index is -3.54. The smallest absolute Gasteiger partial charge is 0.243 e. The van der Waals surface area contributed by atoms with Gasteiger partial charge in [-0.05, 0) is 92.7 Å². The number of nitrogens with one attached hydrogen (secondary N) is 2. The maximum Gasteiger partial charge on any atom is 0.243 e. The van der Waals surface area contributed by atoms with Crippen LogP contribution in [0.4, 0.5) is 5.69 Å². The maximum absolute atomic E-state index is 12.7. The van der Waals surface area contributed by atoms with Gasteiger partial charge in [0.25, 0.3) is 0 Å². The number of carbonyl (C=O) groups is 2. The topological polar surface area (TPSA) is 95.6 Å². The zero-order valence-corrected chi connectivity index (χ0v) is 19.3. The van der Waals surface area contributed by atoms with Crippen molar-refractivity contribution in [1.82, 2.24) is 9.62 Å². The molecule has 4 aliphatic carbocycles. The first-order valence-corrected chi connectivity index (χ1v) is 13.4. The molecule has 0 atom stereocenters. The Morgan fingerprint density at radius 3 is 2.22 bits per heavy atom. The molecule has 4 saturated carbocycles. The standard InChI is InChI=1S/C24H33N3O4S/c28-22(15-24-12-17-8-18(13-24)10-19(9-17)14-24)25-16-23(29)26-20-4-3-5-21(11-20)32(30,31)27-6-1-2-7-27/h3-5,11,17-19H,1-2,6-10,12-16H2,(H,25,28)(H,26,29). The molecule has 0 spiro atoms. The quantitative estimate of drug-likeness (QED) is 0.655. The largest absolute Gasteiger partial charge is 0.347 e. The van der Waals surface area contributed by atoms with Crippen molar-refractivity contribution >= 4 is 27.5 Å². The summed E-state index contributed by atoms with van der Waals surface area (Å²) >= 11 is 0. The molecule has 2 amide bonds.